The Hall–Kier alpha value is -1.77. The van der Waals surface area contributed by atoms with Crippen molar-refractivity contribution in [3.05, 3.63) is 56.5 Å². The zero-order valence-electron chi connectivity index (χ0n) is 17.6. The first-order valence-electron chi connectivity index (χ1n) is 9.10. The van der Waals surface area contributed by atoms with Crippen molar-refractivity contribution in [2.45, 2.75) is 39.5 Å². The lowest BCUT2D eigenvalue weighted by Gasteiger charge is -2.25. The molecule has 0 bridgehead atoms. The lowest BCUT2D eigenvalue weighted by molar-refractivity contribution is 0.0285. The third kappa shape index (κ3) is 8.64. The molecule has 1 amide bonds. The van der Waals surface area contributed by atoms with Gasteiger partial charge in [-0.1, -0.05) is 44.0 Å². The number of carbonyl (C=O) groups excluding carboxylic acids is 1. The molecule has 2 aromatic carbocycles. The highest BCUT2D eigenvalue weighted by Crippen LogP contribution is 2.24. The summed E-state index contributed by atoms with van der Waals surface area (Å²) in [5.74, 6) is 0. The highest BCUT2D eigenvalue weighted by atomic mass is 79.9. The summed E-state index contributed by atoms with van der Waals surface area (Å²) in [6, 6.07) is 11.4. The number of halogens is 2. The van der Waals surface area contributed by atoms with Crippen LogP contribution < -0.4 is 16.8 Å². The van der Waals surface area contributed by atoms with Crippen LogP contribution in [0.2, 0.25) is 0 Å². The maximum Gasteiger partial charge on any atom is 0.410 e. The second-order valence-electron chi connectivity index (χ2n) is 7.48. The van der Waals surface area contributed by atoms with Crippen molar-refractivity contribution < 1.29 is 9.53 Å². The fourth-order valence-corrected chi connectivity index (χ4v) is 3.35. The van der Waals surface area contributed by atoms with Gasteiger partial charge in [-0.3, -0.25) is 0 Å². The minimum atomic E-state index is -0.495. The van der Waals surface area contributed by atoms with Crippen molar-refractivity contribution in [3.8, 4) is 0 Å². The number of ether oxygens (including phenoxy) is 1. The number of benzene rings is 2. The fraction of sp³-hybridized carbons (Fsp3) is 0.381. The van der Waals surface area contributed by atoms with E-state index in [1.807, 2.05) is 64.2 Å². The molecule has 0 heterocycles. The Morgan fingerprint density at radius 2 is 1.52 bits per heavy atom. The van der Waals surface area contributed by atoms with Crippen molar-refractivity contribution in [3.63, 3.8) is 0 Å². The molecule has 0 aliphatic heterocycles. The number of carbonyl (C=O) groups is 1. The monoisotopic (exact) mass is 528 g/mol. The largest absolute Gasteiger partial charge is 0.444 e. The molecule has 0 saturated heterocycles. The number of hydrogen-bond acceptors (Lipinski definition) is 5. The Labute approximate surface area is 190 Å². The molecule has 160 valence electrons. The quantitative estimate of drug-likeness (QED) is 0.476. The number of amides is 1. The van der Waals surface area contributed by atoms with Crippen molar-refractivity contribution in [1.29, 1.82) is 0 Å². The summed E-state index contributed by atoms with van der Waals surface area (Å²) in [7, 11) is 3.59. The topological polar surface area (TPSA) is 93.6 Å². The molecule has 0 spiro atoms. The molecule has 0 aliphatic rings. The van der Waals surface area contributed by atoms with E-state index in [9.17, 15) is 4.79 Å². The first kappa shape index (κ1) is 25.3. The molecule has 0 aromatic heterocycles. The smallest absolute Gasteiger partial charge is 0.410 e. The van der Waals surface area contributed by atoms with Gasteiger partial charge in [-0.25, -0.2) is 4.79 Å². The Kier molecular flexibility index (Phi) is 9.95. The highest BCUT2D eigenvalue weighted by molar-refractivity contribution is 9.10. The van der Waals surface area contributed by atoms with Gasteiger partial charge in [-0.2, -0.15) is 0 Å². The number of hydrogen-bond donors (Lipinski definition) is 3. The van der Waals surface area contributed by atoms with Gasteiger partial charge in [0.25, 0.3) is 0 Å². The Morgan fingerprint density at radius 3 is 1.93 bits per heavy atom. The summed E-state index contributed by atoms with van der Waals surface area (Å²) >= 11 is 6.86. The summed E-state index contributed by atoms with van der Waals surface area (Å²) in [4.78, 5) is 13.3. The number of nitrogen functional groups attached to an aromatic ring is 2. The van der Waals surface area contributed by atoms with E-state index in [-0.39, 0.29) is 6.09 Å². The summed E-state index contributed by atoms with van der Waals surface area (Å²) in [5.41, 5.74) is 14.6. The average Bonchev–Trinajstić information content (AvgIpc) is 2.60. The summed E-state index contributed by atoms with van der Waals surface area (Å²) < 4.78 is 7.23. The van der Waals surface area contributed by atoms with Crippen LogP contribution in [0.4, 0.5) is 16.2 Å². The summed E-state index contributed by atoms with van der Waals surface area (Å²) in [6.07, 6.45) is -0.363. The van der Waals surface area contributed by atoms with Crippen molar-refractivity contribution in [2.24, 2.45) is 0 Å². The molecular weight excluding hydrogens is 500 g/mol. The molecule has 0 atom stereocenters. The molecule has 29 heavy (non-hydrogen) atoms. The molecular formula is C21H30Br2N4O2. The van der Waals surface area contributed by atoms with Crippen LogP contribution >= 0.6 is 31.9 Å². The number of nitrogens with zero attached hydrogens (tertiary/aromatic N) is 1. The summed E-state index contributed by atoms with van der Waals surface area (Å²) in [6.45, 7) is 6.72. The molecule has 0 aliphatic carbocycles. The molecule has 0 radical (unpaired) electrons. The minimum absolute atomic E-state index is 0.363. The fourth-order valence-electron chi connectivity index (χ4n) is 2.32. The third-order valence-electron chi connectivity index (χ3n) is 3.76. The summed E-state index contributed by atoms with van der Waals surface area (Å²) in [5, 5.41) is 3.06. The molecule has 2 rings (SSSR count). The Bertz CT molecular complexity index is 782. The molecule has 8 heteroatoms. The van der Waals surface area contributed by atoms with Gasteiger partial charge in [0.1, 0.15) is 5.60 Å². The van der Waals surface area contributed by atoms with Crippen LogP contribution in [-0.2, 0) is 17.8 Å². The van der Waals surface area contributed by atoms with Crippen LogP contribution in [0.3, 0.4) is 0 Å². The van der Waals surface area contributed by atoms with E-state index in [1.54, 1.807) is 7.05 Å². The minimum Gasteiger partial charge on any atom is -0.444 e. The van der Waals surface area contributed by atoms with Gasteiger partial charge in [-0.05, 0) is 52.1 Å². The normalized spacial score (nSPS) is 10.7. The van der Waals surface area contributed by atoms with Crippen LogP contribution in [0, 0.1) is 0 Å². The highest BCUT2D eigenvalue weighted by Gasteiger charge is 2.20. The number of nitrogens with one attached hydrogen (secondary N) is 1. The van der Waals surface area contributed by atoms with E-state index in [2.05, 4.69) is 37.2 Å². The van der Waals surface area contributed by atoms with Gasteiger partial charge >= 0.3 is 6.09 Å². The molecule has 6 nitrogen and oxygen atoms in total. The van der Waals surface area contributed by atoms with E-state index in [0.29, 0.717) is 12.2 Å². The number of rotatable bonds is 4. The van der Waals surface area contributed by atoms with Crippen molar-refractivity contribution in [2.75, 3.05) is 25.6 Å². The predicted molar refractivity (Wildman–Crippen MR) is 128 cm³/mol. The van der Waals surface area contributed by atoms with E-state index in [4.69, 9.17) is 16.2 Å². The van der Waals surface area contributed by atoms with E-state index < -0.39 is 5.60 Å². The molecule has 0 saturated carbocycles. The van der Waals surface area contributed by atoms with Gasteiger partial charge in [0.15, 0.2) is 0 Å². The average molecular weight is 530 g/mol. The molecule has 0 unspecified atom stereocenters. The third-order valence-corrected chi connectivity index (χ3v) is 5.25. The van der Waals surface area contributed by atoms with Gasteiger partial charge in [-0.15, -0.1) is 0 Å². The lowest BCUT2D eigenvalue weighted by atomic mass is 10.2. The maximum atomic E-state index is 11.8. The van der Waals surface area contributed by atoms with Crippen molar-refractivity contribution in [1.82, 2.24) is 10.2 Å². The van der Waals surface area contributed by atoms with E-state index in [0.717, 1.165) is 32.3 Å². The van der Waals surface area contributed by atoms with Crippen molar-refractivity contribution >= 4 is 49.3 Å². The predicted octanol–water partition coefficient (Wildman–Crippen LogP) is 5.15. The zero-order chi connectivity index (χ0) is 22.2. The van der Waals surface area contributed by atoms with Crippen LogP contribution in [0.5, 0.6) is 0 Å². The Balaban J connectivity index is 0.000000326. The standard InChI is InChI=1S/C13H19BrN2O2.C8H11BrN2/c1-13(2,3)18-12(17)16(4)8-9-10(14)6-5-7-11(9)15;1-11-5-6-7(9)3-2-4-8(6)10/h5-7H,8,15H2,1-4H3;2-4,11H,5,10H2,1H3. The first-order valence-corrected chi connectivity index (χ1v) is 10.7. The van der Waals surface area contributed by atoms with Crippen LogP contribution in [0.15, 0.2) is 45.3 Å². The SMILES string of the molecule is CN(Cc1c(N)cccc1Br)C(=O)OC(C)(C)C.CNCc1c(N)cccc1Br. The number of anilines is 2. The Morgan fingerprint density at radius 1 is 1.03 bits per heavy atom. The molecule has 0 fully saturated rings. The van der Waals surface area contributed by atoms with Gasteiger partial charge in [0.2, 0.25) is 0 Å². The van der Waals surface area contributed by atoms with Gasteiger partial charge < -0.3 is 26.4 Å². The zero-order valence-corrected chi connectivity index (χ0v) is 20.7. The van der Waals surface area contributed by atoms with Crippen LogP contribution in [-0.4, -0.2) is 30.7 Å². The molecule has 2 aromatic rings. The van der Waals surface area contributed by atoms with E-state index >= 15 is 0 Å². The number of nitrogens with two attached hydrogens (primary N) is 2. The van der Waals surface area contributed by atoms with Crippen LogP contribution in [0.25, 0.3) is 0 Å². The molecule has 5 N–H and O–H groups in total. The van der Waals surface area contributed by atoms with Crippen LogP contribution in [0.1, 0.15) is 31.9 Å². The second kappa shape index (κ2) is 11.4. The maximum absolute atomic E-state index is 11.8. The van der Waals surface area contributed by atoms with Gasteiger partial charge in [0.05, 0.1) is 6.54 Å². The first-order chi connectivity index (χ1) is 13.5. The van der Waals surface area contributed by atoms with E-state index in [1.165, 1.54) is 4.90 Å². The second-order valence-corrected chi connectivity index (χ2v) is 9.19. The lowest BCUT2D eigenvalue weighted by Crippen LogP contribution is -2.34. The van der Waals surface area contributed by atoms with Gasteiger partial charge in [0, 0.05) is 45.0 Å².